The normalized spacial score (nSPS) is 10.3. The Morgan fingerprint density at radius 2 is 2.29 bits per heavy atom. The van der Waals surface area contributed by atoms with Crippen LogP contribution in [0.2, 0.25) is 0 Å². The number of fused-ring (bicyclic) bond motifs is 1. The van der Waals surface area contributed by atoms with Gasteiger partial charge in [0.1, 0.15) is 5.75 Å². The molecule has 1 amide bonds. The SMILES string of the molecule is NC(=O)COc1cccc2cc[nH]c12. The summed E-state index contributed by atoms with van der Waals surface area (Å²) in [6, 6.07) is 7.56. The van der Waals surface area contributed by atoms with Crippen molar-refractivity contribution < 1.29 is 9.53 Å². The largest absolute Gasteiger partial charge is 0.482 e. The highest BCUT2D eigenvalue weighted by Crippen LogP contribution is 2.23. The molecule has 0 aliphatic heterocycles. The van der Waals surface area contributed by atoms with Gasteiger partial charge in [0.25, 0.3) is 5.91 Å². The molecule has 0 atom stereocenters. The number of para-hydroxylation sites is 1. The number of rotatable bonds is 3. The van der Waals surface area contributed by atoms with Gasteiger partial charge in [-0.25, -0.2) is 0 Å². The first-order valence-corrected chi connectivity index (χ1v) is 4.24. The van der Waals surface area contributed by atoms with Crippen LogP contribution >= 0.6 is 0 Å². The molecule has 0 bridgehead atoms. The third-order valence-corrected chi connectivity index (χ3v) is 1.92. The number of primary amides is 1. The molecule has 0 saturated carbocycles. The first-order valence-electron chi connectivity index (χ1n) is 4.24. The van der Waals surface area contributed by atoms with Crippen LogP contribution in [0.15, 0.2) is 30.5 Å². The minimum Gasteiger partial charge on any atom is -0.482 e. The van der Waals surface area contributed by atoms with Gasteiger partial charge in [-0.05, 0) is 12.1 Å². The fraction of sp³-hybridized carbons (Fsp3) is 0.100. The highest BCUT2D eigenvalue weighted by molar-refractivity contribution is 5.85. The number of aromatic nitrogens is 1. The number of carbonyl (C=O) groups excluding carboxylic acids is 1. The fourth-order valence-corrected chi connectivity index (χ4v) is 1.33. The van der Waals surface area contributed by atoms with Crippen molar-refractivity contribution in [1.29, 1.82) is 0 Å². The maximum Gasteiger partial charge on any atom is 0.255 e. The lowest BCUT2D eigenvalue weighted by atomic mass is 10.2. The van der Waals surface area contributed by atoms with E-state index >= 15 is 0 Å². The van der Waals surface area contributed by atoms with Crippen LogP contribution in [0.25, 0.3) is 10.9 Å². The van der Waals surface area contributed by atoms with Crippen molar-refractivity contribution in [2.24, 2.45) is 5.73 Å². The van der Waals surface area contributed by atoms with Gasteiger partial charge < -0.3 is 15.5 Å². The molecule has 1 heterocycles. The molecule has 72 valence electrons. The van der Waals surface area contributed by atoms with E-state index in [1.165, 1.54) is 0 Å². The summed E-state index contributed by atoms with van der Waals surface area (Å²) in [5.74, 6) is 0.167. The number of hydrogen-bond acceptors (Lipinski definition) is 2. The van der Waals surface area contributed by atoms with Gasteiger partial charge in [0.05, 0.1) is 5.52 Å². The molecule has 14 heavy (non-hydrogen) atoms. The Bertz CT molecular complexity index is 462. The second-order valence-electron chi connectivity index (χ2n) is 2.95. The summed E-state index contributed by atoms with van der Waals surface area (Å²) in [6.45, 7) is -0.0991. The molecule has 0 aliphatic carbocycles. The quantitative estimate of drug-likeness (QED) is 0.759. The maximum atomic E-state index is 10.5. The Balaban J connectivity index is 2.32. The van der Waals surface area contributed by atoms with Crippen LogP contribution in [-0.4, -0.2) is 17.5 Å². The molecule has 0 fully saturated rings. The highest BCUT2D eigenvalue weighted by atomic mass is 16.5. The summed E-state index contributed by atoms with van der Waals surface area (Å²) in [5, 5.41) is 1.05. The molecule has 0 aliphatic rings. The van der Waals surface area contributed by atoms with Gasteiger partial charge in [0.2, 0.25) is 0 Å². The third-order valence-electron chi connectivity index (χ3n) is 1.92. The molecular weight excluding hydrogens is 180 g/mol. The van der Waals surface area contributed by atoms with Gasteiger partial charge >= 0.3 is 0 Å². The van der Waals surface area contributed by atoms with Crippen molar-refractivity contribution in [3.05, 3.63) is 30.5 Å². The molecule has 3 N–H and O–H groups in total. The summed E-state index contributed by atoms with van der Waals surface area (Å²) in [5.41, 5.74) is 5.87. The minimum atomic E-state index is -0.478. The van der Waals surface area contributed by atoms with Gasteiger partial charge in [0, 0.05) is 11.6 Å². The second kappa shape index (κ2) is 3.41. The summed E-state index contributed by atoms with van der Waals surface area (Å²) >= 11 is 0. The van der Waals surface area contributed by atoms with E-state index < -0.39 is 5.91 Å². The zero-order valence-corrected chi connectivity index (χ0v) is 7.49. The Labute approximate surface area is 80.7 Å². The first-order chi connectivity index (χ1) is 6.77. The summed E-state index contributed by atoms with van der Waals surface area (Å²) in [7, 11) is 0. The second-order valence-corrected chi connectivity index (χ2v) is 2.95. The monoisotopic (exact) mass is 190 g/mol. The van der Waals surface area contributed by atoms with E-state index in [1.54, 1.807) is 6.07 Å². The molecule has 1 aromatic carbocycles. The Morgan fingerprint density at radius 3 is 3.07 bits per heavy atom. The lowest BCUT2D eigenvalue weighted by Gasteiger charge is -2.04. The van der Waals surface area contributed by atoms with Gasteiger partial charge in [-0.2, -0.15) is 0 Å². The number of nitrogens with two attached hydrogens (primary N) is 1. The summed E-state index contributed by atoms with van der Waals surface area (Å²) in [6.07, 6.45) is 1.82. The molecular formula is C10H10N2O2. The van der Waals surface area contributed by atoms with Crippen LogP contribution in [0.3, 0.4) is 0 Å². The molecule has 1 aromatic heterocycles. The molecule has 4 nitrogen and oxygen atoms in total. The predicted octanol–water partition coefficient (Wildman–Crippen LogP) is 1.03. The summed E-state index contributed by atoms with van der Waals surface area (Å²) in [4.78, 5) is 13.6. The lowest BCUT2D eigenvalue weighted by Crippen LogP contribution is -2.20. The number of ether oxygens (including phenoxy) is 1. The Kier molecular flexibility index (Phi) is 2.10. The predicted molar refractivity (Wildman–Crippen MR) is 53.0 cm³/mol. The zero-order valence-electron chi connectivity index (χ0n) is 7.49. The molecule has 0 radical (unpaired) electrons. The van der Waals surface area contributed by atoms with E-state index in [9.17, 15) is 4.79 Å². The topological polar surface area (TPSA) is 68.1 Å². The highest BCUT2D eigenvalue weighted by Gasteiger charge is 2.03. The van der Waals surface area contributed by atoms with Crippen molar-refractivity contribution in [2.45, 2.75) is 0 Å². The van der Waals surface area contributed by atoms with Crippen molar-refractivity contribution in [3.8, 4) is 5.75 Å². The van der Waals surface area contributed by atoms with Crippen LogP contribution in [0.1, 0.15) is 0 Å². The molecule has 0 spiro atoms. The molecule has 0 saturated heterocycles. The number of hydrogen-bond donors (Lipinski definition) is 2. The van der Waals surface area contributed by atoms with Crippen LogP contribution in [0, 0.1) is 0 Å². The van der Waals surface area contributed by atoms with Crippen LogP contribution in [-0.2, 0) is 4.79 Å². The smallest absolute Gasteiger partial charge is 0.255 e. The van der Waals surface area contributed by atoms with Crippen LogP contribution < -0.4 is 10.5 Å². The molecule has 2 aromatic rings. The maximum absolute atomic E-state index is 10.5. The van der Waals surface area contributed by atoms with Gasteiger partial charge in [-0.1, -0.05) is 12.1 Å². The van der Waals surface area contributed by atoms with Crippen LogP contribution in [0.5, 0.6) is 5.75 Å². The minimum absolute atomic E-state index is 0.0991. The zero-order chi connectivity index (χ0) is 9.97. The average Bonchev–Trinajstić information content (AvgIpc) is 2.62. The Hall–Kier alpha value is -1.97. The van der Waals surface area contributed by atoms with Gasteiger partial charge in [0.15, 0.2) is 6.61 Å². The van der Waals surface area contributed by atoms with Crippen molar-refractivity contribution in [3.63, 3.8) is 0 Å². The van der Waals surface area contributed by atoms with E-state index in [0.29, 0.717) is 5.75 Å². The molecule has 2 rings (SSSR count). The Morgan fingerprint density at radius 1 is 1.43 bits per heavy atom. The molecule has 4 heteroatoms. The van der Waals surface area contributed by atoms with E-state index in [-0.39, 0.29) is 6.61 Å². The third kappa shape index (κ3) is 1.54. The number of benzene rings is 1. The number of aromatic amines is 1. The standard InChI is InChI=1S/C10H10N2O2/c11-9(13)6-14-8-3-1-2-7-4-5-12-10(7)8/h1-5,12H,6H2,(H2,11,13). The van der Waals surface area contributed by atoms with Gasteiger partial charge in [-0.3, -0.25) is 4.79 Å². The van der Waals surface area contributed by atoms with E-state index in [0.717, 1.165) is 10.9 Å². The first kappa shape index (κ1) is 8.62. The van der Waals surface area contributed by atoms with E-state index in [1.807, 2.05) is 24.4 Å². The van der Waals surface area contributed by atoms with Crippen molar-refractivity contribution in [2.75, 3.05) is 6.61 Å². The van der Waals surface area contributed by atoms with E-state index in [2.05, 4.69) is 4.98 Å². The summed E-state index contributed by atoms with van der Waals surface area (Å²) < 4.78 is 5.23. The number of amides is 1. The molecule has 0 unspecified atom stereocenters. The van der Waals surface area contributed by atoms with Gasteiger partial charge in [-0.15, -0.1) is 0 Å². The fourth-order valence-electron chi connectivity index (χ4n) is 1.33. The van der Waals surface area contributed by atoms with E-state index in [4.69, 9.17) is 10.5 Å². The number of nitrogens with one attached hydrogen (secondary N) is 1. The average molecular weight is 190 g/mol. The number of carbonyl (C=O) groups is 1. The number of H-pyrrole nitrogens is 1. The van der Waals surface area contributed by atoms with Crippen molar-refractivity contribution in [1.82, 2.24) is 4.98 Å². The van der Waals surface area contributed by atoms with Crippen molar-refractivity contribution >= 4 is 16.8 Å². The van der Waals surface area contributed by atoms with Crippen LogP contribution in [0.4, 0.5) is 0 Å². The lowest BCUT2D eigenvalue weighted by molar-refractivity contribution is -0.119.